The van der Waals surface area contributed by atoms with Crippen molar-refractivity contribution in [3.8, 4) is 11.3 Å². The van der Waals surface area contributed by atoms with Gasteiger partial charge in [-0.15, -0.1) is 0 Å². The van der Waals surface area contributed by atoms with Gasteiger partial charge >= 0.3 is 5.97 Å². The van der Waals surface area contributed by atoms with Gasteiger partial charge in [0.05, 0.1) is 39.2 Å². The highest BCUT2D eigenvalue weighted by Crippen LogP contribution is 2.38. The first-order chi connectivity index (χ1) is 21.1. The van der Waals surface area contributed by atoms with Crippen LogP contribution in [0.15, 0.2) is 83.4 Å². The number of Topliss-reactive ketones (excluding diaryl/α,β-unsaturated/α-hetero) is 1. The number of allylic oxidation sites excluding steroid dienone is 2. The maximum absolute atomic E-state index is 13.4. The number of benzene rings is 3. The van der Waals surface area contributed by atoms with Gasteiger partial charge < -0.3 is 4.74 Å². The summed E-state index contributed by atoms with van der Waals surface area (Å²) in [6.45, 7) is 1.30. The zero-order valence-corrected chi connectivity index (χ0v) is 24.9. The Bertz CT molecular complexity index is 1880. The van der Waals surface area contributed by atoms with Gasteiger partial charge in [0.2, 0.25) is 11.8 Å². The molecule has 6 rings (SSSR count). The van der Waals surface area contributed by atoms with Gasteiger partial charge in [-0.25, -0.2) is 9.78 Å². The lowest BCUT2D eigenvalue weighted by atomic mass is 9.85. The van der Waals surface area contributed by atoms with Gasteiger partial charge in [-0.1, -0.05) is 40.2 Å². The van der Waals surface area contributed by atoms with Crippen molar-refractivity contribution in [2.24, 2.45) is 11.8 Å². The molecule has 0 N–H and O–H groups in total. The van der Waals surface area contributed by atoms with Crippen LogP contribution >= 0.6 is 15.9 Å². The van der Waals surface area contributed by atoms with E-state index in [2.05, 4.69) is 15.9 Å². The Balaban J connectivity index is 1.28. The van der Waals surface area contributed by atoms with Crippen LogP contribution < -0.4 is 4.90 Å². The van der Waals surface area contributed by atoms with E-state index in [4.69, 9.17) is 9.72 Å². The zero-order chi connectivity index (χ0) is 31.1. The number of rotatable bonds is 7. The summed E-state index contributed by atoms with van der Waals surface area (Å²) in [7, 11) is 0. The van der Waals surface area contributed by atoms with Crippen molar-refractivity contribution in [2.75, 3.05) is 11.5 Å². The number of anilines is 1. The molecule has 2 amide bonds. The lowest BCUT2D eigenvalue weighted by molar-refractivity contribution is -0.384. The summed E-state index contributed by atoms with van der Waals surface area (Å²) in [5.74, 6) is -2.32. The summed E-state index contributed by atoms with van der Waals surface area (Å²) in [6.07, 6.45) is 5.00. The standard InChI is InChI=1S/C33H24BrN3O7/c1-18-14-21(34)15-26-27(33(41)44-17-29(38)20-8-12-23(13-9-20)37(42)43)16-28(35-30(18)26)19-6-10-22(11-7-19)36-31(39)24-4-2-3-5-25(24)32(36)40/h2-3,6-16,24-25H,4-5,17H2,1H3. The number of fused-ring (bicyclic) bond motifs is 2. The van der Waals surface area contributed by atoms with Crippen LogP contribution in [0.25, 0.3) is 22.2 Å². The number of non-ortho nitro benzene ring substituents is 1. The average molecular weight is 654 g/mol. The van der Waals surface area contributed by atoms with E-state index in [1.807, 2.05) is 25.1 Å². The fourth-order valence-electron chi connectivity index (χ4n) is 5.67. The number of hydrogen-bond acceptors (Lipinski definition) is 8. The number of ether oxygens (including phenoxy) is 1. The molecule has 10 nitrogen and oxygen atoms in total. The Labute approximate surface area is 259 Å². The molecule has 1 fully saturated rings. The molecule has 1 aromatic heterocycles. The van der Waals surface area contributed by atoms with E-state index in [1.54, 1.807) is 36.4 Å². The molecule has 220 valence electrons. The molecule has 2 unspecified atom stereocenters. The number of nitro groups is 1. The molecule has 1 aliphatic carbocycles. The summed E-state index contributed by atoms with van der Waals surface area (Å²) in [6, 6.07) is 17.1. The van der Waals surface area contributed by atoms with Crippen LogP contribution in [0.3, 0.4) is 0 Å². The van der Waals surface area contributed by atoms with E-state index in [0.29, 0.717) is 40.7 Å². The first kappa shape index (κ1) is 29.1. The number of aryl methyl sites for hydroxylation is 1. The molecule has 11 heteroatoms. The van der Waals surface area contributed by atoms with Crippen molar-refractivity contribution < 1.29 is 28.8 Å². The number of ketones is 1. The lowest BCUT2D eigenvalue weighted by Crippen LogP contribution is -2.30. The summed E-state index contributed by atoms with van der Waals surface area (Å²) in [5, 5.41) is 11.4. The molecule has 0 saturated carbocycles. The second-order valence-corrected chi connectivity index (χ2v) is 11.6. The van der Waals surface area contributed by atoms with Gasteiger partial charge in [-0.05, 0) is 67.8 Å². The lowest BCUT2D eigenvalue weighted by Gasteiger charge is -2.16. The topological polar surface area (TPSA) is 137 Å². The number of amides is 2. The Morgan fingerprint density at radius 2 is 1.61 bits per heavy atom. The third-order valence-electron chi connectivity index (χ3n) is 7.95. The smallest absolute Gasteiger partial charge is 0.339 e. The van der Waals surface area contributed by atoms with Gasteiger partial charge in [0.15, 0.2) is 12.4 Å². The number of esters is 1. The van der Waals surface area contributed by atoms with E-state index in [0.717, 1.165) is 10.0 Å². The van der Waals surface area contributed by atoms with E-state index < -0.39 is 23.3 Å². The molecular weight excluding hydrogens is 630 g/mol. The van der Waals surface area contributed by atoms with E-state index >= 15 is 0 Å². The van der Waals surface area contributed by atoms with E-state index in [9.17, 15) is 29.3 Å². The Hall–Kier alpha value is -5.03. The zero-order valence-electron chi connectivity index (χ0n) is 23.4. The summed E-state index contributed by atoms with van der Waals surface area (Å²) in [4.78, 5) is 68.5. The fourth-order valence-corrected chi connectivity index (χ4v) is 6.24. The minimum atomic E-state index is -0.743. The molecule has 1 aliphatic heterocycles. The van der Waals surface area contributed by atoms with Gasteiger partial charge in [0.1, 0.15) is 0 Å². The average Bonchev–Trinajstić information content (AvgIpc) is 3.28. The molecule has 2 atom stereocenters. The molecule has 3 aromatic carbocycles. The van der Waals surface area contributed by atoms with Crippen molar-refractivity contribution in [1.82, 2.24) is 4.98 Å². The van der Waals surface area contributed by atoms with Crippen molar-refractivity contribution >= 4 is 61.8 Å². The van der Waals surface area contributed by atoms with Crippen LogP contribution in [0.2, 0.25) is 0 Å². The number of pyridine rings is 1. The molecule has 0 radical (unpaired) electrons. The molecule has 0 spiro atoms. The molecular formula is C33H24BrN3O7. The van der Waals surface area contributed by atoms with Gasteiger partial charge in [0, 0.05) is 33.1 Å². The third-order valence-corrected chi connectivity index (χ3v) is 8.41. The number of carbonyl (C=O) groups is 4. The minimum absolute atomic E-state index is 0.155. The highest BCUT2D eigenvalue weighted by atomic mass is 79.9. The third kappa shape index (κ3) is 5.30. The van der Waals surface area contributed by atoms with Crippen molar-refractivity contribution in [3.05, 3.63) is 110 Å². The first-order valence-corrected chi connectivity index (χ1v) is 14.6. The monoisotopic (exact) mass is 653 g/mol. The quantitative estimate of drug-likeness (QED) is 0.0560. The van der Waals surface area contributed by atoms with Crippen molar-refractivity contribution in [3.63, 3.8) is 0 Å². The highest BCUT2D eigenvalue weighted by Gasteiger charge is 2.47. The van der Waals surface area contributed by atoms with Crippen LogP contribution in [-0.4, -0.2) is 40.1 Å². The maximum Gasteiger partial charge on any atom is 0.339 e. The predicted octanol–water partition coefficient (Wildman–Crippen LogP) is 6.38. The fraction of sp³-hybridized carbons (Fsp3) is 0.182. The van der Waals surface area contributed by atoms with Crippen molar-refractivity contribution in [2.45, 2.75) is 19.8 Å². The van der Waals surface area contributed by atoms with Crippen LogP contribution in [0.5, 0.6) is 0 Å². The Morgan fingerprint density at radius 3 is 2.23 bits per heavy atom. The van der Waals surface area contributed by atoms with E-state index in [1.165, 1.54) is 29.2 Å². The summed E-state index contributed by atoms with van der Waals surface area (Å²) >= 11 is 3.47. The molecule has 44 heavy (non-hydrogen) atoms. The number of imide groups is 1. The summed E-state index contributed by atoms with van der Waals surface area (Å²) < 4.78 is 6.13. The highest BCUT2D eigenvalue weighted by molar-refractivity contribution is 9.10. The summed E-state index contributed by atoms with van der Waals surface area (Å²) in [5.41, 5.74) is 3.15. The largest absolute Gasteiger partial charge is 0.454 e. The van der Waals surface area contributed by atoms with Crippen LogP contribution in [0.4, 0.5) is 11.4 Å². The van der Waals surface area contributed by atoms with Gasteiger partial charge in [0.25, 0.3) is 5.69 Å². The second kappa shape index (κ2) is 11.6. The number of nitro benzene ring substituents is 1. The number of carbonyl (C=O) groups excluding carboxylic acids is 4. The van der Waals surface area contributed by atoms with Crippen LogP contribution in [0.1, 0.15) is 39.1 Å². The number of nitrogens with zero attached hydrogens (tertiary/aromatic N) is 3. The molecule has 4 aromatic rings. The van der Waals surface area contributed by atoms with Gasteiger partial charge in [-0.3, -0.25) is 29.4 Å². The normalized spacial score (nSPS) is 17.5. The molecule has 0 bridgehead atoms. The van der Waals surface area contributed by atoms with E-state index in [-0.39, 0.29) is 40.5 Å². The van der Waals surface area contributed by atoms with Crippen molar-refractivity contribution in [1.29, 1.82) is 0 Å². The Kier molecular flexibility index (Phi) is 7.64. The second-order valence-electron chi connectivity index (χ2n) is 10.7. The van der Waals surface area contributed by atoms with Crippen LogP contribution in [0, 0.1) is 28.9 Å². The number of halogens is 1. The van der Waals surface area contributed by atoms with Crippen LogP contribution in [-0.2, 0) is 14.3 Å². The molecule has 2 aliphatic rings. The van der Waals surface area contributed by atoms with Gasteiger partial charge in [-0.2, -0.15) is 0 Å². The number of hydrogen-bond donors (Lipinski definition) is 0. The maximum atomic E-state index is 13.4. The molecule has 2 heterocycles. The molecule has 1 saturated heterocycles. The first-order valence-electron chi connectivity index (χ1n) is 13.8. The minimum Gasteiger partial charge on any atom is -0.454 e. The number of aromatic nitrogens is 1. The Morgan fingerprint density at radius 1 is 0.977 bits per heavy atom. The predicted molar refractivity (Wildman–Crippen MR) is 165 cm³/mol. The SMILES string of the molecule is Cc1cc(Br)cc2c(C(=O)OCC(=O)c3ccc([N+](=O)[O-])cc3)cc(-c3ccc(N4C(=O)C5CC=CCC5C4=O)cc3)nc12.